The summed E-state index contributed by atoms with van der Waals surface area (Å²) in [4.78, 5) is 11.2. The Morgan fingerprint density at radius 1 is 1.32 bits per heavy atom. The highest BCUT2D eigenvalue weighted by Gasteiger charge is 2.00. The van der Waals surface area contributed by atoms with E-state index < -0.39 is 0 Å². The zero-order valence-corrected chi connectivity index (χ0v) is 11.8. The molecular weight excluding hydrogens is 240 g/mol. The third-order valence-electron chi connectivity index (χ3n) is 2.61. The van der Waals surface area contributed by atoms with Gasteiger partial charge >= 0.3 is 0 Å². The molecule has 19 heavy (non-hydrogen) atoms. The van der Waals surface area contributed by atoms with E-state index in [0.717, 1.165) is 18.8 Å². The second-order valence-electron chi connectivity index (χ2n) is 4.99. The Kier molecular flexibility index (Phi) is 6.97. The van der Waals surface area contributed by atoms with Gasteiger partial charge in [-0.2, -0.15) is 0 Å². The first-order chi connectivity index (χ1) is 9.11. The summed E-state index contributed by atoms with van der Waals surface area (Å²) in [6, 6.07) is 8.01. The second kappa shape index (κ2) is 8.53. The van der Waals surface area contributed by atoms with Crippen LogP contribution < -0.4 is 15.8 Å². The number of nitrogens with two attached hydrogens (primary N) is 1. The first kappa shape index (κ1) is 15.5. The van der Waals surface area contributed by atoms with Gasteiger partial charge in [-0.1, -0.05) is 26.0 Å². The van der Waals surface area contributed by atoms with Gasteiger partial charge in [0.25, 0.3) is 0 Å². The topological polar surface area (TPSA) is 64.3 Å². The molecule has 1 aromatic carbocycles. The van der Waals surface area contributed by atoms with Crippen LogP contribution in [0, 0.1) is 5.92 Å². The molecule has 0 unspecified atom stereocenters. The normalized spacial score (nSPS) is 10.5. The third-order valence-corrected chi connectivity index (χ3v) is 2.61. The van der Waals surface area contributed by atoms with Gasteiger partial charge in [0.1, 0.15) is 5.75 Å². The van der Waals surface area contributed by atoms with Crippen LogP contribution in [0.15, 0.2) is 24.3 Å². The Bertz CT molecular complexity index is 374. The first-order valence-corrected chi connectivity index (χ1v) is 6.80. The van der Waals surface area contributed by atoms with Crippen molar-refractivity contribution in [1.82, 2.24) is 5.32 Å². The molecule has 0 saturated heterocycles. The van der Waals surface area contributed by atoms with E-state index in [0.29, 0.717) is 25.4 Å². The van der Waals surface area contributed by atoms with Gasteiger partial charge < -0.3 is 15.8 Å². The molecule has 1 amide bonds. The van der Waals surface area contributed by atoms with Crippen molar-refractivity contribution >= 4 is 5.91 Å². The van der Waals surface area contributed by atoms with E-state index in [9.17, 15) is 4.79 Å². The van der Waals surface area contributed by atoms with Crippen molar-refractivity contribution in [2.75, 3.05) is 19.7 Å². The zero-order chi connectivity index (χ0) is 14.1. The molecule has 0 radical (unpaired) electrons. The molecule has 3 N–H and O–H groups in total. The lowest BCUT2D eigenvalue weighted by Crippen LogP contribution is -2.27. The predicted molar refractivity (Wildman–Crippen MR) is 77.2 cm³/mol. The molecule has 4 heteroatoms. The van der Waals surface area contributed by atoms with E-state index in [-0.39, 0.29) is 5.91 Å². The lowest BCUT2D eigenvalue weighted by Gasteiger charge is -2.09. The van der Waals surface area contributed by atoms with E-state index in [1.807, 2.05) is 24.3 Å². The molecular formula is C15H24N2O2. The average molecular weight is 264 g/mol. The summed E-state index contributed by atoms with van der Waals surface area (Å²) in [6.07, 6.45) is 1.21. The molecule has 0 heterocycles. The molecule has 0 fully saturated rings. The highest BCUT2D eigenvalue weighted by atomic mass is 16.5. The monoisotopic (exact) mass is 264 g/mol. The molecule has 4 nitrogen and oxygen atoms in total. The lowest BCUT2D eigenvalue weighted by molar-refractivity contribution is -0.120. The minimum atomic E-state index is 0.0133. The number of hydrogen-bond donors (Lipinski definition) is 2. The maximum absolute atomic E-state index is 11.2. The lowest BCUT2D eigenvalue weighted by atomic mass is 10.1. The summed E-state index contributed by atoms with van der Waals surface area (Å²) in [5.74, 6) is 1.43. The van der Waals surface area contributed by atoms with Gasteiger partial charge in [-0.15, -0.1) is 0 Å². The number of amides is 1. The van der Waals surface area contributed by atoms with Crippen LogP contribution in [0.1, 0.15) is 25.8 Å². The third kappa shape index (κ3) is 6.82. The molecule has 1 rings (SSSR count). The summed E-state index contributed by atoms with van der Waals surface area (Å²) in [6.45, 7) is 6.02. The van der Waals surface area contributed by atoms with Crippen molar-refractivity contribution in [2.24, 2.45) is 11.7 Å². The zero-order valence-electron chi connectivity index (χ0n) is 11.8. The maximum Gasteiger partial charge on any atom is 0.221 e. The first-order valence-electron chi connectivity index (χ1n) is 6.80. The summed E-state index contributed by atoms with van der Waals surface area (Å²) < 4.78 is 5.61. The van der Waals surface area contributed by atoms with Gasteiger partial charge in [-0.05, 0) is 30.0 Å². The fourth-order valence-electron chi connectivity index (χ4n) is 1.58. The smallest absolute Gasteiger partial charge is 0.221 e. The number of rotatable bonds is 8. The molecule has 0 atom stereocenters. The van der Waals surface area contributed by atoms with E-state index in [4.69, 9.17) is 10.5 Å². The van der Waals surface area contributed by atoms with Crippen LogP contribution in [-0.4, -0.2) is 25.6 Å². The van der Waals surface area contributed by atoms with Gasteiger partial charge in [0.05, 0.1) is 6.61 Å². The molecule has 106 valence electrons. The van der Waals surface area contributed by atoms with Crippen molar-refractivity contribution in [1.29, 1.82) is 0 Å². The summed E-state index contributed by atoms with van der Waals surface area (Å²) in [7, 11) is 0. The molecule has 0 saturated carbocycles. The van der Waals surface area contributed by atoms with Crippen LogP contribution in [0.5, 0.6) is 5.75 Å². The maximum atomic E-state index is 11.2. The molecule has 0 aromatic heterocycles. The van der Waals surface area contributed by atoms with Crippen molar-refractivity contribution < 1.29 is 9.53 Å². The van der Waals surface area contributed by atoms with Gasteiger partial charge in [-0.25, -0.2) is 0 Å². The SMILES string of the molecule is CC(C)COc1ccc(CCNC(=O)CCN)cc1. The largest absolute Gasteiger partial charge is 0.493 e. The van der Waals surface area contributed by atoms with Crippen molar-refractivity contribution in [3.63, 3.8) is 0 Å². The van der Waals surface area contributed by atoms with Crippen LogP contribution in [-0.2, 0) is 11.2 Å². The Morgan fingerprint density at radius 3 is 2.58 bits per heavy atom. The molecule has 0 bridgehead atoms. The molecule has 0 spiro atoms. The Hall–Kier alpha value is -1.55. The fourth-order valence-corrected chi connectivity index (χ4v) is 1.58. The van der Waals surface area contributed by atoms with Gasteiger partial charge in [0.15, 0.2) is 0 Å². The minimum Gasteiger partial charge on any atom is -0.493 e. The number of ether oxygens (including phenoxy) is 1. The van der Waals surface area contributed by atoms with Crippen molar-refractivity contribution in [3.05, 3.63) is 29.8 Å². The van der Waals surface area contributed by atoms with Crippen LogP contribution in [0.25, 0.3) is 0 Å². The number of hydrogen-bond acceptors (Lipinski definition) is 3. The highest BCUT2D eigenvalue weighted by molar-refractivity contribution is 5.75. The van der Waals surface area contributed by atoms with Crippen molar-refractivity contribution in [2.45, 2.75) is 26.7 Å². The van der Waals surface area contributed by atoms with Crippen LogP contribution in [0.2, 0.25) is 0 Å². The van der Waals surface area contributed by atoms with E-state index in [1.54, 1.807) is 0 Å². The van der Waals surface area contributed by atoms with Gasteiger partial charge in [0, 0.05) is 19.5 Å². The second-order valence-corrected chi connectivity index (χ2v) is 4.99. The average Bonchev–Trinajstić information content (AvgIpc) is 2.38. The van der Waals surface area contributed by atoms with E-state index in [2.05, 4.69) is 19.2 Å². The van der Waals surface area contributed by atoms with Crippen LogP contribution in [0.4, 0.5) is 0 Å². The van der Waals surface area contributed by atoms with E-state index in [1.165, 1.54) is 5.56 Å². The van der Waals surface area contributed by atoms with Crippen LogP contribution in [0.3, 0.4) is 0 Å². The van der Waals surface area contributed by atoms with Gasteiger partial charge in [0.2, 0.25) is 5.91 Å². The number of carbonyl (C=O) groups excluding carboxylic acids is 1. The summed E-state index contributed by atoms with van der Waals surface area (Å²) >= 11 is 0. The Labute approximate surface area is 115 Å². The molecule has 0 aliphatic carbocycles. The van der Waals surface area contributed by atoms with Crippen molar-refractivity contribution in [3.8, 4) is 5.75 Å². The minimum absolute atomic E-state index is 0.0133. The standard InChI is InChI=1S/C15H24N2O2/c1-12(2)11-19-14-5-3-13(4-6-14)8-10-17-15(18)7-9-16/h3-6,12H,7-11,16H2,1-2H3,(H,17,18). The van der Waals surface area contributed by atoms with Gasteiger partial charge in [-0.3, -0.25) is 4.79 Å². The molecule has 0 aliphatic rings. The molecule has 0 aliphatic heterocycles. The quantitative estimate of drug-likeness (QED) is 0.751. The predicted octanol–water partition coefficient (Wildman–Crippen LogP) is 1.73. The highest BCUT2D eigenvalue weighted by Crippen LogP contribution is 2.13. The summed E-state index contributed by atoms with van der Waals surface area (Å²) in [5.41, 5.74) is 6.49. The van der Waals surface area contributed by atoms with Crippen LogP contribution >= 0.6 is 0 Å². The number of carbonyl (C=O) groups is 1. The fraction of sp³-hybridized carbons (Fsp3) is 0.533. The number of nitrogens with one attached hydrogen (secondary N) is 1. The Morgan fingerprint density at radius 2 is 2.00 bits per heavy atom. The Balaban J connectivity index is 2.30. The van der Waals surface area contributed by atoms with E-state index >= 15 is 0 Å². The summed E-state index contributed by atoms with van der Waals surface area (Å²) in [5, 5.41) is 2.84. The molecule has 1 aromatic rings. The number of benzene rings is 1.